The first kappa shape index (κ1) is 24.6. The van der Waals surface area contributed by atoms with Crippen molar-refractivity contribution in [2.24, 2.45) is 15.9 Å². The number of pyridine rings is 2. The molecule has 9 heteroatoms. The molecule has 0 spiro atoms. The van der Waals surface area contributed by atoms with Gasteiger partial charge in [0.1, 0.15) is 11.3 Å². The molecule has 182 valence electrons. The second-order valence-electron chi connectivity index (χ2n) is 9.13. The first-order chi connectivity index (χ1) is 16.6. The monoisotopic (exact) mass is 483 g/mol. The molecule has 3 N–H and O–H groups in total. The van der Waals surface area contributed by atoms with Gasteiger partial charge in [0.25, 0.3) is 0 Å². The molecule has 1 aliphatic carbocycles. The number of guanidine groups is 1. The van der Waals surface area contributed by atoms with Crippen LogP contribution in [0.2, 0.25) is 5.15 Å². The quantitative estimate of drug-likeness (QED) is 0.281. The Balaban J connectivity index is 1.19. The average Bonchev–Trinajstić information content (AvgIpc) is 2.82. The van der Waals surface area contributed by atoms with E-state index in [1.807, 2.05) is 24.4 Å². The standard InChI is InChI=1S/C25H34ClN7O/c1-17(9-11-28-21-15-34-16-21)13-30-25(27-2)31-14-18-3-6-20(7-4-18)32-22-8-5-19-10-12-29-24(26)23(19)33-22/h5,8,10,12-13,18,20-21,28H,2-4,6-7,9,11,14-16H2,1H3,(H,30,31)(H,32,33)/b17-13+. The Morgan fingerprint density at radius 3 is 2.76 bits per heavy atom. The van der Waals surface area contributed by atoms with Crippen LogP contribution in [0, 0.1) is 5.92 Å². The van der Waals surface area contributed by atoms with Gasteiger partial charge in [-0.05, 0) is 76.4 Å². The third-order valence-electron chi connectivity index (χ3n) is 6.45. The minimum absolute atomic E-state index is 0.404. The number of aliphatic imine (C=N–C) groups is 2. The number of ether oxygens (including phenoxy) is 1. The third kappa shape index (κ3) is 6.98. The number of rotatable bonds is 9. The Hall–Kier alpha value is -2.55. The molecule has 2 aromatic heterocycles. The molecule has 34 heavy (non-hydrogen) atoms. The van der Waals surface area contributed by atoms with Crippen molar-refractivity contribution >= 4 is 41.0 Å². The molecule has 1 saturated carbocycles. The predicted octanol–water partition coefficient (Wildman–Crippen LogP) is 4.18. The van der Waals surface area contributed by atoms with E-state index >= 15 is 0 Å². The molecule has 2 aliphatic rings. The normalized spacial score (nSPS) is 21.8. The largest absolute Gasteiger partial charge is 0.378 e. The summed E-state index contributed by atoms with van der Waals surface area (Å²) in [7, 11) is 0. The summed E-state index contributed by atoms with van der Waals surface area (Å²) in [6.07, 6.45) is 9.06. The summed E-state index contributed by atoms with van der Waals surface area (Å²) < 4.78 is 5.18. The number of fused-ring (bicyclic) bond motifs is 1. The lowest BCUT2D eigenvalue weighted by Gasteiger charge is -2.28. The van der Waals surface area contributed by atoms with Gasteiger partial charge in [0, 0.05) is 30.4 Å². The lowest BCUT2D eigenvalue weighted by atomic mass is 9.86. The fourth-order valence-electron chi connectivity index (χ4n) is 4.24. The topological polar surface area (TPSA) is 95.8 Å². The van der Waals surface area contributed by atoms with Crippen molar-refractivity contribution in [3.63, 3.8) is 0 Å². The first-order valence-electron chi connectivity index (χ1n) is 12.0. The van der Waals surface area contributed by atoms with Crippen LogP contribution in [0.15, 0.2) is 46.2 Å². The van der Waals surface area contributed by atoms with Gasteiger partial charge in [-0.25, -0.2) is 15.0 Å². The molecule has 1 saturated heterocycles. The molecule has 8 nitrogen and oxygen atoms in total. The highest BCUT2D eigenvalue weighted by molar-refractivity contribution is 6.33. The second kappa shape index (κ2) is 12.2. The molecule has 3 heterocycles. The SMILES string of the molecule is C=NC(=NCC1CCC(Nc2ccc3ccnc(Cl)c3n2)CC1)N/C=C(\C)CCNC1COC1. The zero-order chi connectivity index (χ0) is 23.8. The van der Waals surface area contributed by atoms with Gasteiger partial charge in [-0.3, -0.25) is 4.99 Å². The highest BCUT2D eigenvalue weighted by atomic mass is 35.5. The van der Waals surface area contributed by atoms with E-state index in [0.29, 0.717) is 29.1 Å². The molecule has 4 rings (SSSR count). The molecular formula is C25H34ClN7O. The fraction of sp³-hybridized carbons (Fsp3) is 0.520. The highest BCUT2D eigenvalue weighted by Gasteiger charge is 2.21. The van der Waals surface area contributed by atoms with Crippen LogP contribution < -0.4 is 16.0 Å². The molecule has 1 aliphatic heterocycles. The summed E-state index contributed by atoms with van der Waals surface area (Å²) in [6.45, 7) is 9.13. The van der Waals surface area contributed by atoms with E-state index in [1.54, 1.807) is 6.20 Å². The maximum absolute atomic E-state index is 6.20. The number of hydrogen-bond acceptors (Lipinski definition) is 6. The summed E-state index contributed by atoms with van der Waals surface area (Å²) in [6, 6.07) is 6.88. The summed E-state index contributed by atoms with van der Waals surface area (Å²) in [5, 5.41) is 11.7. The Bertz CT molecular complexity index is 1030. The molecule has 2 fully saturated rings. The second-order valence-corrected chi connectivity index (χ2v) is 9.49. The minimum atomic E-state index is 0.404. The summed E-state index contributed by atoms with van der Waals surface area (Å²) in [5.41, 5.74) is 1.98. The van der Waals surface area contributed by atoms with E-state index in [9.17, 15) is 0 Å². The Labute approximate surface area is 206 Å². The third-order valence-corrected chi connectivity index (χ3v) is 6.73. The number of halogens is 1. The minimum Gasteiger partial charge on any atom is -0.378 e. The molecule has 0 amide bonds. The first-order valence-corrected chi connectivity index (χ1v) is 12.4. The summed E-state index contributed by atoms with van der Waals surface area (Å²) in [5.74, 6) is 1.99. The summed E-state index contributed by atoms with van der Waals surface area (Å²) in [4.78, 5) is 17.5. The van der Waals surface area contributed by atoms with Crippen LogP contribution >= 0.6 is 11.6 Å². The zero-order valence-corrected chi connectivity index (χ0v) is 20.5. The number of nitrogens with zero attached hydrogens (tertiary/aromatic N) is 4. The van der Waals surface area contributed by atoms with Gasteiger partial charge in [0.2, 0.25) is 5.96 Å². The van der Waals surface area contributed by atoms with Crippen molar-refractivity contribution in [3.8, 4) is 0 Å². The zero-order valence-electron chi connectivity index (χ0n) is 19.8. The molecule has 0 radical (unpaired) electrons. The summed E-state index contributed by atoms with van der Waals surface area (Å²) >= 11 is 6.20. The number of hydrogen-bond donors (Lipinski definition) is 3. The van der Waals surface area contributed by atoms with Gasteiger partial charge in [0.15, 0.2) is 5.15 Å². The van der Waals surface area contributed by atoms with Gasteiger partial charge in [-0.1, -0.05) is 17.2 Å². The van der Waals surface area contributed by atoms with Crippen LogP contribution in [-0.2, 0) is 4.74 Å². The van der Waals surface area contributed by atoms with Gasteiger partial charge in [-0.2, -0.15) is 0 Å². The van der Waals surface area contributed by atoms with E-state index in [0.717, 1.165) is 75.1 Å². The smallest absolute Gasteiger partial charge is 0.221 e. The van der Waals surface area contributed by atoms with E-state index in [2.05, 4.69) is 49.5 Å². The Morgan fingerprint density at radius 1 is 1.21 bits per heavy atom. The number of aromatic nitrogens is 2. The van der Waals surface area contributed by atoms with Crippen molar-refractivity contribution in [1.29, 1.82) is 0 Å². The highest BCUT2D eigenvalue weighted by Crippen LogP contribution is 2.28. The van der Waals surface area contributed by atoms with Crippen LogP contribution in [-0.4, -0.2) is 61.0 Å². The van der Waals surface area contributed by atoms with E-state index in [1.165, 1.54) is 5.57 Å². The Morgan fingerprint density at radius 2 is 2.03 bits per heavy atom. The lowest BCUT2D eigenvalue weighted by molar-refractivity contribution is -0.00467. The number of nitrogens with one attached hydrogen (secondary N) is 3. The van der Waals surface area contributed by atoms with Gasteiger partial charge in [-0.15, -0.1) is 0 Å². The van der Waals surface area contributed by atoms with Crippen LogP contribution in [0.3, 0.4) is 0 Å². The van der Waals surface area contributed by atoms with Crippen molar-refractivity contribution in [2.45, 2.75) is 51.1 Å². The van der Waals surface area contributed by atoms with Crippen molar-refractivity contribution < 1.29 is 4.74 Å². The lowest BCUT2D eigenvalue weighted by Crippen LogP contribution is -2.46. The van der Waals surface area contributed by atoms with E-state index < -0.39 is 0 Å². The van der Waals surface area contributed by atoms with Gasteiger partial charge in [0.05, 0.1) is 19.3 Å². The molecule has 0 aromatic carbocycles. The maximum atomic E-state index is 6.20. The molecule has 0 bridgehead atoms. The van der Waals surface area contributed by atoms with E-state index in [-0.39, 0.29) is 0 Å². The molecule has 0 atom stereocenters. The van der Waals surface area contributed by atoms with Crippen molar-refractivity contribution in [3.05, 3.63) is 41.3 Å². The maximum Gasteiger partial charge on any atom is 0.221 e. The van der Waals surface area contributed by atoms with Crippen LogP contribution in [0.25, 0.3) is 10.9 Å². The van der Waals surface area contributed by atoms with Crippen molar-refractivity contribution in [2.75, 3.05) is 31.6 Å². The Kier molecular flexibility index (Phi) is 8.85. The number of anilines is 1. The molecule has 0 unspecified atom stereocenters. The van der Waals surface area contributed by atoms with Gasteiger partial charge < -0.3 is 20.7 Å². The average molecular weight is 484 g/mol. The molecular weight excluding hydrogens is 450 g/mol. The molecule has 2 aromatic rings. The van der Waals surface area contributed by atoms with Crippen LogP contribution in [0.1, 0.15) is 39.0 Å². The fourth-order valence-corrected chi connectivity index (χ4v) is 4.44. The van der Waals surface area contributed by atoms with Crippen molar-refractivity contribution in [1.82, 2.24) is 20.6 Å². The van der Waals surface area contributed by atoms with Gasteiger partial charge >= 0.3 is 0 Å². The van der Waals surface area contributed by atoms with E-state index in [4.69, 9.17) is 16.3 Å². The van der Waals surface area contributed by atoms with Crippen LogP contribution in [0.5, 0.6) is 0 Å². The predicted molar refractivity (Wildman–Crippen MR) is 140 cm³/mol. The van der Waals surface area contributed by atoms with Crippen LogP contribution in [0.4, 0.5) is 5.82 Å².